The minimum Gasteiger partial charge on any atom is -0.493 e. The van der Waals surface area contributed by atoms with Crippen molar-refractivity contribution in [2.45, 2.75) is 25.8 Å². The van der Waals surface area contributed by atoms with Gasteiger partial charge >= 0.3 is 5.97 Å². The highest BCUT2D eigenvalue weighted by Gasteiger charge is 2.24. The Kier molecular flexibility index (Phi) is 7.88. The molecule has 1 aromatic carbocycles. The molecule has 4 rings (SSSR count). The zero-order chi connectivity index (χ0) is 26.7. The van der Waals surface area contributed by atoms with Crippen molar-refractivity contribution in [3.8, 4) is 22.6 Å². The molecule has 1 fully saturated rings. The fourth-order valence-corrected chi connectivity index (χ4v) is 6.70. The lowest BCUT2D eigenvalue weighted by Crippen LogP contribution is -2.27. The maximum atomic E-state index is 12.9. The zero-order valence-corrected chi connectivity index (χ0v) is 22.5. The third kappa shape index (κ3) is 5.96. The molecule has 2 N–H and O–H groups in total. The van der Waals surface area contributed by atoms with Gasteiger partial charge in [-0.15, -0.1) is 11.3 Å². The summed E-state index contributed by atoms with van der Waals surface area (Å²) in [4.78, 5) is 29.8. The number of aliphatic imine (C=N–C) groups is 1. The van der Waals surface area contributed by atoms with Crippen LogP contribution >= 0.6 is 11.3 Å². The van der Waals surface area contributed by atoms with E-state index in [-0.39, 0.29) is 36.3 Å². The molecule has 0 radical (unpaired) electrons. The molecule has 1 aliphatic rings. The Balaban J connectivity index is 1.69. The highest BCUT2D eigenvalue weighted by Crippen LogP contribution is 2.37. The van der Waals surface area contributed by atoms with E-state index in [1.165, 1.54) is 23.0 Å². The molecule has 0 saturated carbocycles. The smallest absolute Gasteiger partial charge is 0.344 e. The number of ether oxygens (including phenoxy) is 3. The monoisotopic (exact) mass is 547 g/mol. The number of carbonyl (C=O) groups excluding carboxylic acids is 1. The van der Waals surface area contributed by atoms with Gasteiger partial charge in [0.05, 0.1) is 41.5 Å². The fourth-order valence-electron chi connectivity index (χ4n) is 4.14. The number of fused-ring (bicyclic) bond motifs is 1. The standard InChI is InChI=1S/C25H29N3O7S2/c1-4-34-22(29)14-35-19-6-5-15(11-20(19)33-3)18-13-28(2)25(30)17-12-21(36-23(17)18)24(26)27-16-7-9-37(31,32)10-8-16/h5-6,11-13,16H,4,7-10,14H2,1-3H3,(H2,26,27). The molecular weight excluding hydrogens is 518 g/mol. The minimum atomic E-state index is -3.00. The Labute approximate surface area is 218 Å². The van der Waals surface area contributed by atoms with E-state index in [4.69, 9.17) is 19.9 Å². The van der Waals surface area contributed by atoms with Crippen molar-refractivity contribution < 1.29 is 27.4 Å². The zero-order valence-electron chi connectivity index (χ0n) is 20.9. The van der Waals surface area contributed by atoms with Crippen molar-refractivity contribution in [3.63, 3.8) is 0 Å². The van der Waals surface area contributed by atoms with Crippen LogP contribution in [0.4, 0.5) is 0 Å². The lowest BCUT2D eigenvalue weighted by molar-refractivity contribution is -0.145. The van der Waals surface area contributed by atoms with E-state index in [0.717, 1.165) is 15.8 Å². The van der Waals surface area contributed by atoms with Crippen LogP contribution in [0.15, 0.2) is 40.2 Å². The quantitative estimate of drug-likeness (QED) is 0.258. The fraction of sp³-hybridized carbons (Fsp3) is 0.400. The van der Waals surface area contributed by atoms with Crippen molar-refractivity contribution in [2.75, 3.05) is 31.8 Å². The second-order valence-corrected chi connectivity index (χ2v) is 12.0. The van der Waals surface area contributed by atoms with E-state index in [1.807, 2.05) is 6.07 Å². The van der Waals surface area contributed by atoms with Gasteiger partial charge in [0.1, 0.15) is 15.7 Å². The Morgan fingerprint density at radius 3 is 2.62 bits per heavy atom. The summed E-state index contributed by atoms with van der Waals surface area (Å²) in [6.45, 7) is 1.74. The molecule has 0 aliphatic carbocycles. The lowest BCUT2D eigenvalue weighted by atomic mass is 10.1. The topological polar surface area (TPSA) is 139 Å². The number of pyridine rings is 1. The number of aromatic nitrogens is 1. The molecule has 198 valence electrons. The first-order valence-electron chi connectivity index (χ1n) is 11.8. The average molecular weight is 548 g/mol. The number of sulfone groups is 1. The molecule has 12 heteroatoms. The summed E-state index contributed by atoms with van der Waals surface area (Å²) in [7, 11) is 0.184. The van der Waals surface area contributed by atoms with Crippen LogP contribution < -0.4 is 20.8 Å². The van der Waals surface area contributed by atoms with E-state index in [1.54, 1.807) is 38.4 Å². The molecule has 1 aliphatic heterocycles. The summed E-state index contributed by atoms with van der Waals surface area (Å²) < 4.78 is 41.6. The molecule has 2 aromatic heterocycles. The number of benzene rings is 1. The van der Waals surface area contributed by atoms with Gasteiger partial charge < -0.3 is 24.5 Å². The summed E-state index contributed by atoms with van der Waals surface area (Å²) in [6.07, 6.45) is 2.62. The molecule has 0 spiro atoms. The van der Waals surface area contributed by atoms with E-state index in [9.17, 15) is 18.0 Å². The summed E-state index contributed by atoms with van der Waals surface area (Å²) in [5.74, 6) is 0.833. The predicted octanol–water partition coefficient (Wildman–Crippen LogP) is 2.50. The van der Waals surface area contributed by atoms with Crippen LogP contribution in [-0.4, -0.2) is 62.7 Å². The SMILES string of the molecule is CCOC(=O)COc1ccc(-c2cn(C)c(=O)c3cc(C(N)=NC4CCS(=O)(=O)CC4)sc23)cc1OC. The molecule has 3 aromatic rings. The highest BCUT2D eigenvalue weighted by atomic mass is 32.2. The van der Waals surface area contributed by atoms with Gasteiger partial charge in [0.25, 0.3) is 5.56 Å². The minimum absolute atomic E-state index is 0.104. The highest BCUT2D eigenvalue weighted by molar-refractivity contribution is 7.91. The van der Waals surface area contributed by atoms with Gasteiger partial charge in [-0.25, -0.2) is 13.2 Å². The predicted molar refractivity (Wildman–Crippen MR) is 144 cm³/mol. The van der Waals surface area contributed by atoms with Gasteiger partial charge in [0.2, 0.25) is 0 Å². The van der Waals surface area contributed by atoms with Crippen molar-refractivity contribution in [2.24, 2.45) is 17.8 Å². The lowest BCUT2D eigenvalue weighted by Gasteiger charge is -2.18. The Bertz CT molecular complexity index is 1510. The molecule has 37 heavy (non-hydrogen) atoms. The van der Waals surface area contributed by atoms with E-state index in [2.05, 4.69) is 4.99 Å². The normalized spacial score (nSPS) is 16.0. The summed E-state index contributed by atoms with van der Waals surface area (Å²) in [5.41, 5.74) is 7.71. The number of rotatable bonds is 8. The van der Waals surface area contributed by atoms with Crippen LogP contribution in [0.2, 0.25) is 0 Å². The van der Waals surface area contributed by atoms with Gasteiger partial charge in [0.15, 0.2) is 18.1 Å². The number of thiophene rings is 1. The van der Waals surface area contributed by atoms with Crippen molar-refractivity contribution >= 4 is 43.1 Å². The molecule has 0 unspecified atom stereocenters. The molecule has 0 amide bonds. The second-order valence-electron chi connectivity index (χ2n) is 8.67. The number of nitrogens with zero attached hydrogens (tertiary/aromatic N) is 2. The van der Waals surface area contributed by atoms with Gasteiger partial charge in [-0.3, -0.25) is 9.79 Å². The third-order valence-electron chi connectivity index (χ3n) is 6.07. The largest absolute Gasteiger partial charge is 0.493 e. The number of nitrogens with two attached hydrogens (primary N) is 1. The van der Waals surface area contributed by atoms with Gasteiger partial charge in [-0.2, -0.15) is 0 Å². The van der Waals surface area contributed by atoms with Crippen LogP contribution in [0.5, 0.6) is 11.5 Å². The number of hydrogen-bond donors (Lipinski definition) is 1. The summed E-state index contributed by atoms with van der Waals surface area (Å²) in [6, 6.07) is 6.87. The average Bonchev–Trinajstić information content (AvgIpc) is 3.32. The molecule has 3 heterocycles. The van der Waals surface area contributed by atoms with Crippen LogP contribution in [0, 0.1) is 0 Å². The number of aryl methyl sites for hydroxylation is 1. The van der Waals surface area contributed by atoms with Gasteiger partial charge in [0, 0.05) is 23.5 Å². The van der Waals surface area contributed by atoms with Crippen LogP contribution in [0.1, 0.15) is 24.6 Å². The summed E-state index contributed by atoms with van der Waals surface area (Å²) in [5, 5.41) is 0.506. The van der Waals surface area contributed by atoms with Crippen LogP contribution in [0.3, 0.4) is 0 Å². The molecule has 0 atom stereocenters. The van der Waals surface area contributed by atoms with E-state index < -0.39 is 15.8 Å². The number of methoxy groups -OCH3 is 1. The van der Waals surface area contributed by atoms with Crippen molar-refractivity contribution in [1.82, 2.24) is 4.57 Å². The van der Waals surface area contributed by atoms with Crippen LogP contribution in [-0.2, 0) is 26.4 Å². The van der Waals surface area contributed by atoms with Crippen molar-refractivity contribution in [3.05, 3.63) is 45.7 Å². The second kappa shape index (κ2) is 10.9. The van der Waals surface area contributed by atoms with E-state index in [0.29, 0.717) is 40.4 Å². The Morgan fingerprint density at radius 1 is 1.22 bits per heavy atom. The number of amidine groups is 1. The van der Waals surface area contributed by atoms with Crippen molar-refractivity contribution in [1.29, 1.82) is 0 Å². The first-order valence-corrected chi connectivity index (χ1v) is 14.4. The molecule has 0 bridgehead atoms. The number of esters is 1. The van der Waals surface area contributed by atoms with Gasteiger partial charge in [-0.05, 0) is 43.5 Å². The molecule has 1 saturated heterocycles. The maximum absolute atomic E-state index is 12.9. The first-order chi connectivity index (χ1) is 17.6. The van der Waals surface area contributed by atoms with Crippen LogP contribution in [0.25, 0.3) is 21.2 Å². The molecule has 10 nitrogen and oxygen atoms in total. The Morgan fingerprint density at radius 2 is 1.95 bits per heavy atom. The van der Waals surface area contributed by atoms with Gasteiger partial charge in [-0.1, -0.05) is 6.07 Å². The molecular formula is C25H29N3O7S2. The first kappa shape index (κ1) is 26.7. The maximum Gasteiger partial charge on any atom is 0.344 e. The third-order valence-corrected chi connectivity index (χ3v) is 8.98. The van der Waals surface area contributed by atoms with E-state index >= 15 is 0 Å². The summed E-state index contributed by atoms with van der Waals surface area (Å²) >= 11 is 1.35. The number of carbonyl (C=O) groups is 1. The Hall–Kier alpha value is -3.38. The number of hydrogen-bond acceptors (Lipinski definition) is 9.